The van der Waals surface area contributed by atoms with E-state index >= 15 is 8.78 Å². The molecule has 3 heteroatoms. The van der Waals surface area contributed by atoms with Crippen LogP contribution in [0.1, 0.15) is 99.3 Å². The molecule has 1 saturated carbocycles. The van der Waals surface area contributed by atoms with Crippen LogP contribution in [0.25, 0.3) is 0 Å². The lowest BCUT2D eigenvalue weighted by molar-refractivity contribution is 0.303. The second-order valence-corrected chi connectivity index (χ2v) is 10.0. The standard InChI is InChI=1S/C30H38F2O/c1-3-5-7-21-8-10-22(11-9-21)26-19-28(31)30(29(32)20-26)25-13-12-24-18-27(33-16-6-4-2)15-14-23(24)17-25/h4,6,14-15,18-22,25H,3,5,7-13,16-17H2,1-2H3. The summed E-state index contributed by atoms with van der Waals surface area (Å²) in [5, 5.41) is 0. The lowest BCUT2D eigenvalue weighted by Gasteiger charge is -2.30. The zero-order valence-corrected chi connectivity index (χ0v) is 20.2. The number of rotatable bonds is 8. The molecule has 0 N–H and O–H groups in total. The van der Waals surface area contributed by atoms with Crippen LogP contribution in [0.4, 0.5) is 8.78 Å². The summed E-state index contributed by atoms with van der Waals surface area (Å²) < 4.78 is 36.2. The van der Waals surface area contributed by atoms with Gasteiger partial charge >= 0.3 is 0 Å². The van der Waals surface area contributed by atoms with Crippen molar-refractivity contribution in [3.8, 4) is 5.75 Å². The van der Waals surface area contributed by atoms with Gasteiger partial charge in [-0.15, -0.1) is 0 Å². The van der Waals surface area contributed by atoms with Gasteiger partial charge in [0.1, 0.15) is 24.0 Å². The van der Waals surface area contributed by atoms with E-state index in [2.05, 4.69) is 19.1 Å². The topological polar surface area (TPSA) is 9.23 Å². The summed E-state index contributed by atoms with van der Waals surface area (Å²) >= 11 is 0. The summed E-state index contributed by atoms with van der Waals surface area (Å²) in [6.07, 6.45) is 14.5. The average molecular weight is 453 g/mol. The van der Waals surface area contributed by atoms with Gasteiger partial charge in [0.15, 0.2) is 0 Å². The van der Waals surface area contributed by atoms with E-state index in [9.17, 15) is 0 Å². The molecule has 0 aromatic heterocycles. The lowest BCUT2D eigenvalue weighted by Crippen LogP contribution is -2.17. The van der Waals surface area contributed by atoms with Crippen LogP contribution in [-0.4, -0.2) is 6.61 Å². The molecule has 2 aromatic rings. The number of hydrogen-bond acceptors (Lipinski definition) is 1. The van der Waals surface area contributed by atoms with Crippen LogP contribution in [-0.2, 0) is 12.8 Å². The highest BCUT2D eigenvalue weighted by molar-refractivity contribution is 5.41. The van der Waals surface area contributed by atoms with Crippen molar-refractivity contribution in [3.05, 3.63) is 76.4 Å². The molecule has 1 nitrogen and oxygen atoms in total. The van der Waals surface area contributed by atoms with Gasteiger partial charge in [0, 0.05) is 5.56 Å². The van der Waals surface area contributed by atoms with E-state index < -0.39 is 0 Å². The van der Waals surface area contributed by atoms with Gasteiger partial charge < -0.3 is 4.74 Å². The van der Waals surface area contributed by atoms with E-state index in [1.54, 1.807) is 12.1 Å². The van der Waals surface area contributed by atoms with Gasteiger partial charge in [0.05, 0.1) is 0 Å². The number of allylic oxidation sites excluding steroid dienone is 1. The molecule has 2 aromatic carbocycles. The van der Waals surface area contributed by atoms with Crippen molar-refractivity contribution in [2.75, 3.05) is 6.61 Å². The quantitative estimate of drug-likeness (QED) is 0.364. The van der Waals surface area contributed by atoms with E-state index in [-0.39, 0.29) is 23.1 Å². The fraction of sp³-hybridized carbons (Fsp3) is 0.533. The Morgan fingerprint density at radius 3 is 2.39 bits per heavy atom. The van der Waals surface area contributed by atoms with Crippen molar-refractivity contribution in [2.24, 2.45) is 5.92 Å². The van der Waals surface area contributed by atoms with Gasteiger partial charge in [-0.25, -0.2) is 8.78 Å². The Morgan fingerprint density at radius 1 is 0.939 bits per heavy atom. The molecular weight excluding hydrogens is 414 g/mol. The van der Waals surface area contributed by atoms with Gasteiger partial charge in [-0.1, -0.05) is 44.4 Å². The Balaban J connectivity index is 1.43. The highest BCUT2D eigenvalue weighted by atomic mass is 19.1. The third-order valence-corrected chi connectivity index (χ3v) is 7.78. The zero-order valence-electron chi connectivity index (χ0n) is 20.2. The molecule has 0 amide bonds. The van der Waals surface area contributed by atoms with Crippen molar-refractivity contribution in [1.82, 2.24) is 0 Å². The molecule has 0 radical (unpaired) electrons. The molecule has 0 saturated heterocycles. The van der Waals surface area contributed by atoms with Crippen LogP contribution in [0, 0.1) is 17.6 Å². The average Bonchev–Trinajstić information content (AvgIpc) is 2.83. The molecule has 4 rings (SSSR count). The molecule has 33 heavy (non-hydrogen) atoms. The number of halogens is 2. The first kappa shape index (κ1) is 24.0. The molecule has 1 unspecified atom stereocenters. The minimum atomic E-state index is -0.349. The molecule has 2 aliphatic rings. The molecule has 178 valence electrons. The zero-order chi connectivity index (χ0) is 23.2. The van der Waals surface area contributed by atoms with Crippen molar-refractivity contribution in [3.63, 3.8) is 0 Å². The third-order valence-electron chi connectivity index (χ3n) is 7.78. The first-order chi connectivity index (χ1) is 16.1. The normalized spacial score (nSPS) is 23.0. The van der Waals surface area contributed by atoms with E-state index in [1.807, 2.05) is 25.1 Å². The van der Waals surface area contributed by atoms with Crippen LogP contribution in [0.15, 0.2) is 42.5 Å². The van der Waals surface area contributed by atoms with Gasteiger partial charge in [0.2, 0.25) is 0 Å². The lowest BCUT2D eigenvalue weighted by atomic mass is 9.76. The first-order valence-corrected chi connectivity index (χ1v) is 12.9. The monoisotopic (exact) mass is 452 g/mol. The smallest absolute Gasteiger partial charge is 0.129 e. The second-order valence-electron chi connectivity index (χ2n) is 10.0. The molecule has 0 spiro atoms. The van der Waals surface area contributed by atoms with Crippen molar-refractivity contribution >= 4 is 0 Å². The Morgan fingerprint density at radius 2 is 1.70 bits per heavy atom. The minimum Gasteiger partial charge on any atom is -0.490 e. The third kappa shape index (κ3) is 5.86. The Bertz CT molecular complexity index is 933. The highest BCUT2D eigenvalue weighted by Crippen LogP contribution is 2.41. The molecular formula is C30H38F2O. The number of unbranched alkanes of at least 4 members (excludes halogenated alkanes) is 1. The van der Waals surface area contributed by atoms with E-state index in [0.717, 1.165) is 42.9 Å². The Hall–Kier alpha value is -2.16. The van der Waals surface area contributed by atoms with Crippen LogP contribution >= 0.6 is 0 Å². The molecule has 0 bridgehead atoms. The molecule has 1 fully saturated rings. The SMILES string of the molecule is CC=CCOc1ccc2c(c1)CCC(c1c(F)cc(C3CCC(CCCC)CC3)cc1F)C2. The van der Waals surface area contributed by atoms with Crippen molar-refractivity contribution in [2.45, 2.75) is 89.9 Å². The van der Waals surface area contributed by atoms with Crippen LogP contribution in [0.3, 0.4) is 0 Å². The maximum Gasteiger partial charge on any atom is 0.129 e. The van der Waals surface area contributed by atoms with Crippen molar-refractivity contribution < 1.29 is 13.5 Å². The maximum absolute atomic E-state index is 15.2. The van der Waals surface area contributed by atoms with E-state index in [0.29, 0.717) is 18.9 Å². The van der Waals surface area contributed by atoms with Crippen molar-refractivity contribution in [1.29, 1.82) is 0 Å². The van der Waals surface area contributed by atoms with Gasteiger partial charge in [-0.3, -0.25) is 0 Å². The van der Waals surface area contributed by atoms with Crippen LogP contribution in [0.2, 0.25) is 0 Å². The number of fused-ring (bicyclic) bond motifs is 1. The van der Waals surface area contributed by atoms with E-state index in [1.165, 1.54) is 43.2 Å². The molecule has 2 aliphatic carbocycles. The first-order valence-electron chi connectivity index (χ1n) is 12.9. The fourth-order valence-electron chi connectivity index (χ4n) is 5.82. The second kappa shape index (κ2) is 11.3. The predicted molar refractivity (Wildman–Crippen MR) is 132 cm³/mol. The molecule has 1 atom stereocenters. The summed E-state index contributed by atoms with van der Waals surface area (Å²) in [4.78, 5) is 0. The van der Waals surface area contributed by atoms with Gasteiger partial charge in [-0.2, -0.15) is 0 Å². The minimum absolute atomic E-state index is 0.105. The Labute approximate surface area is 198 Å². The Kier molecular flexibility index (Phi) is 8.22. The highest BCUT2D eigenvalue weighted by Gasteiger charge is 2.28. The predicted octanol–water partition coefficient (Wildman–Crippen LogP) is 8.66. The summed E-state index contributed by atoms with van der Waals surface area (Å²) in [6.45, 7) is 4.77. The number of ether oxygens (including phenoxy) is 1. The number of benzene rings is 2. The number of aryl methyl sites for hydroxylation is 1. The molecule has 0 heterocycles. The number of hydrogen-bond donors (Lipinski definition) is 0. The fourth-order valence-corrected chi connectivity index (χ4v) is 5.82. The largest absolute Gasteiger partial charge is 0.490 e. The summed E-state index contributed by atoms with van der Waals surface area (Å²) in [6, 6.07) is 9.40. The van der Waals surface area contributed by atoms with Gasteiger partial charge in [0.25, 0.3) is 0 Å². The van der Waals surface area contributed by atoms with Gasteiger partial charge in [-0.05, 0) is 111 Å². The maximum atomic E-state index is 15.2. The summed E-state index contributed by atoms with van der Waals surface area (Å²) in [5.74, 6) is 1.15. The van der Waals surface area contributed by atoms with E-state index in [4.69, 9.17) is 4.74 Å². The summed E-state index contributed by atoms with van der Waals surface area (Å²) in [7, 11) is 0. The molecule has 0 aliphatic heterocycles. The summed E-state index contributed by atoms with van der Waals surface area (Å²) in [5.41, 5.74) is 3.57. The van der Waals surface area contributed by atoms with Crippen LogP contribution < -0.4 is 4.74 Å². The van der Waals surface area contributed by atoms with Crippen LogP contribution in [0.5, 0.6) is 5.75 Å².